The Morgan fingerprint density at radius 2 is 1.77 bits per heavy atom. The van der Waals surface area contributed by atoms with Gasteiger partial charge in [0.25, 0.3) is 0 Å². The molecule has 11 atom stereocenters. The predicted octanol–water partition coefficient (Wildman–Crippen LogP) is 5.01. The van der Waals surface area contributed by atoms with Crippen LogP contribution in [0.4, 0.5) is 0 Å². The molecule has 4 saturated carbocycles. The standard InChI is InChI=1S/C29H44O6/c1-16-24-27(6)22(15-28(24,32)35-29(16)12-11-25(3,4)34-29)20-8-7-18-13-19(33-17(2)30)9-10-26(18,5)21(20)14-23(27)31/h16,18-22,24,32H,7-15H2,1-6H3/t16-,18-,19-,20+,21-,22-,24+,26-,27+,28-,29+/m0/s1. The van der Waals surface area contributed by atoms with Crippen LogP contribution in [0.3, 0.4) is 0 Å². The molecule has 0 amide bonds. The average molecular weight is 489 g/mol. The molecule has 0 radical (unpaired) electrons. The lowest BCUT2D eigenvalue weighted by Gasteiger charge is -2.60. The smallest absolute Gasteiger partial charge is 0.302 e. The molecule has 2 heterocycles. The third-order valence-corrected chi connectivity index (χ3v) is 12.0. The van der Waals surface area contributed by atoms with E-state index in [2.05, 4.69) is 34.6 Å². The monoisotopic (exact) mass is 488 g/mol. The largest absolute Gasteiger partial charge is 0.463 e. The molecule has 0 aromatic carbocycles. The van der Waals surface area contributed by atoms with Crippen LogP contribution in [-0.2, 0) is 23.8 Å². The molecule has 6 rings (SSSR count). The fraction of sp³-hybridized carbons (Fsp3) is 0.931. The quantitative estimate of drug-likeness (QED) is 0.523. The van der Waals surface area contributed by atoms with Gasteiger partial charge in [0, 0.05) is 43.4 Å². The van der Waals surface area contributed by atoms with E-state index in [0.717, 1.165) is 44.9 Å². The van der Waals surface area contributed by atoms with Crippen LogP contribution in [0, 0.1) is 46.3 Å². The zero-order valence-electron chi connectivity index (χ0n) is 22.4. The minimum Gasteiger partial charge on any atom is -0.463 e. The molecule has 35 heavy (non-hydrogen) atoms. The second-order valence-corrected chi connectivity index (χ2v) is 14.2. The van der Waals surface area contributed by atoms with Crippen molar-refractivity contribution in [2.24, 2.45) is 46.3 Å². The van der Waals surface area contributed by atoms with Crippen molar-refractivity contribution in [3.8, 4) is 0 Å². The number of hydrogen-bond acceptors (Lipinski definition) is 6. The summed E-state index contributed by atoms with van der Waals surface area (Å²) in [6.45, 7) is 12.4. The van der Waals surface area contributed by atoms with Crippen LogP contribution in [0.2, 0.25) is 0 Å². The molecule has 1 spiro atoms. The van der Waals surface area contributed by atoms with E-state index < -0.39 is 17.0 Å². The number of ketones is 1. The molecular weight excluding hydrogens is 444 g/mol. The van der Waals surface area contributed by atoms with Crippen molar-refractivity contribution < 1.29 is 28.9 Å². The molecule has 0 aromatic heterocycles. The minimum absolute atomic E-state index is 0.0133. The summed E-state index contributed by atoms with van der Waals surface area (Å²) in [5.74, 6) is -0.839. The van der Waals surface area contributed by atoms with Gasteiger partial charge in [-0.1, -0.05) is 20.8 Å². The highest BCUT2D eigenvalue weighted by atomic mass is 16.8. The van der Waals surface area contributed by atoms with E-state index in [1.165, 1.54) is 6.92 Å². The van der Waals surface area contributed by atoms with Gasteiger partial charge in [-0.3, -0.25) is 9.59 Å². The predicted molar refractivity (Wildman–Crippen MR) is 129 cm³/mol. The van der Waals surface area contributed by atoms with Crippen molar-refractivity contribution >= 4 is 11.8 Å². The molecule has 0 aromatic rings. The highest BCUT2D eigenvalue weighted by Gasteiger charge is 2.77. The second kappa shape index (κ2) is 7.32. The number of Topliss-reactive ketones (excluding diaryl/α,β-unsaturated/α-hetero) is 1. The summed E-state index contributed by atoms with van der Waals surface area (Å²) in [4.78, 5) is 25.7. The first-order chi connectivity index (χ1) is 16.2. The number of carbonyl (C=O) groups is 2. The van der Waals surface area contributed by atoms with Crippen molar-refractivity contribution in [1.82, 2.24) is 0 Å². The maximum atomic E-state index is 14.2. The second-order valence-electron chi connectivity index (χ2n) is 14.2. The Balaban J connectivity index is 1.29. The third-order valence-electron chi connectivity index (χ3n) is 12.0. The van der Waals surface area contributed by atoms with Crippen molar-refractivity contribution in [2.45, 2.75) is 123 Å². The van der Waals surface area contributed by atoms with E-state index in [1.807, 2.05) is 0 Å². The fourth-order valence-electron chi connectivity index (χ4n) is 10.5. The molecule has 2 aliphatic heterocycles. The fourth-order valence-corrected chi connectivity index (χ4v) is 10.5. The van der Waals surface area contributed by atoms with E-state index in [0.29, 0.717) is 36.4 Å². The Kier molecular flexibility index (Phi) is 5.09. The van der Waals surface area contributed by atoms with E-state index in [1.54, 1.807) is 0 Å². The lowest BCUT2D eigenvalue weighted by molar-refractivity contribution is -0.318. The van der Waals surface area contributed by atoms with E-state index in [4.69, 9.17) is 14.2 Å². The van der Waals surface area contributed by atoms with Gasteiger partial charge >= 0.3 is 5.97 Å². The Bertz CT molecular complexity index is 945. The maximum Gasteiger partial charge on any atom is 0.302 e. The van der Waals surface area contributed by atoms with Gasteiger partial charge in [-0.25, -0.2) is 0 Å². The minimum atomic E-state index is -1.30. The zero-order chi connectivity index (χ0) is 25.2. The zero-order valence-corrected chi connectivity index (χ0v) is 22.4. The summed E-state index contributed by atoms with van der Waals surface area (Å²) in [7, 11) is 0. The molecule has 196 valence electrons. The first-order valence-corrected chi connectivity index (χ1v) is 14.1. The van der Waals surface area contributed by atoms with Crippen molar-refractivity contribution in [3.05, 3.63) is 0 Å². The summed E-state index contributed by atoms with van der Waals surface area (Å²) in [5.41, 5.74) is -0.765. The van der Waals surface area contributed by atoms with Crippen LogP contribution in [0.25, 0.3) is 0 Å². The van der Waals surface area contributed by atoms with Crippen molar-refractivity contribution in [2.75, 3.05) is 0 Å². The third kappa shape index (κ3) is 3.18. The molecule has 0 bridgehead atoms. The highest BCUT2D eigenvalue weighted by molar-refractivity contribution is 5.87. The summed E-state index contributed by atoms with van der Waals surface area (Å²) >= 11 is 0. The average Bonchev–Trinajstić information content (AvgIpc) is 3.27. The first-order valence-electron chi connectivity index (χ1n) is 14.1. The van der Waals surface area contributed by atoms with Gasteiger partial charge in [0.2, 0.25) is 0 Å². The number of rotatable bonds is 1. The van der Waals surface area contributed by atoms with Gasteiger partial charge in [0.1, 0.15) is 11.9 Å². The molecule has 6 fully saturated rings. The number of hydrogen-bond donors (Lipinski definition) is 1. The normalized spacial score (nSPS) is 56.3. The number of carbonyl (C=O) groups excluding carboxylic acids is 2. The molecule has 0 unspecified atom stereocenters. The molecule has 6 nitrogen and oxygen atoms in total. The van der Waals surface area contributed by atoms with Crippen molar-refractivity contribution in [1.29, 1.82) is 0 Å². The van der Waals surface area contributed by atoms with E-state index in [9.17, 15) is 14.7 Å². The molecule has 6 heteroatoms. The van der Waals surface area contributed by atoms with Crippen LogP contribution in [-0.4, -0.2) is 40.1 Å². The first kappa shape index (κ1) is 24.4. The molecule has 1 N–H and O–H groups in total. The van der Waals surface area contributed by atoms with Crippen LogP contribution >= 0.6 is 0 Å². The van der Waals surface area contributed by atoms with Crippen LogP contribution in [0.1, 0.15) is 99.3 Å². The number of fused-ring (bicyclic) bond motifs is 7. The molecular formula is C29H44O6. The Hall–Kier alpha value is -0.980. The van der Waals surface area contributed by atoms with Crippen LogP contribution in [0.5, 0.6) is 0 Å². The lowest BCUT2D eigenvalue weighted by atomic mass is 9.44. The van der Waals surface area contributed by atoms with Crippen LogP contribution < -0.4 is 0 Å². The van der Waals surface area contributed by atoms with E-state index >= 15 is 0 Å². The van der Waals surface area contributed by atoms with Crippen LogP contribution in [0.15, 0.2) is 0 Å². The number of ether oxygens (including phenoxy) is 3. The maximum absolute atomic E-state index is 14.2. The summed E-state index contributed by atoms with van der Waals surface area (Å²) in [5, 5.41) is 12.0. The van der Waals surface area contributed by atoms with Gasteiger partial charge in [0.15, 0.2) is 11.6 Å². The van der Waals surface area contributed by atoms with Crippen molar-refractivity contribution in [3.63, 3.8) is 0 Å². The SMILES string of the molecule is CC(=O)O[C@H]1CC[C@@]2(C)[C@@H](CC[C@@H]3[C@@H]2CC(=O)[C@]2(C)[C@H]4[C@H](C)[C@@]5(CCC(C)(C)O5)O[C@@]4(O)C[C@@H]32)C1. The van der Waals surface area contributed by atoms with Gasteiger partial charge in [-0.2, -0.15) is 0 Å². The summed E-state index contributed by atoms with van der Waals surface area (Å²) in [6.07, 6.45) is 7.80. The van der Waals surface area contributed by atoms with Gasteiger partial charge in [-0.05, 0) is 81.5 Å². The number of esters is 1. The molecule has 4 aliphatic carbocycles. The molecule has 6 aliphatic rings. The Morgan fingerprint density at radius 1 is 1.03 bits per heavy atom. The Morgan fingerprint density at radius 3 is 2.43 bits per heavy atom. The van der Waals surface area contributed by atoms with Gasteiger partial charge in [0.05, 0.1) is 5.60 Å². The van der Waals surface area contributed by atoms with Gasteiger partial charge < -0.3 is 19.3 Å². The number of aliphatic hydroxyl groups is 1. The summed E-state index contributed by atoms with van der Waals surface area (Å²) < 4.78 is 18.6. The van der Waals surface area contributed by atoms with E-state index in [-0.39, 0.29) is 40.8 Å². The lowest BCUT2D eigenvalue weighted by Crippen LogP contribution is -2.58. The summed E-state index contributed by atoms with van der Waals surface area (Å²) in [6, 6.07) is 0. The molecule has 2 saturated heterocycles. The Labute approximate surface area is 209 Å². The topological polar surface area (TPSA) is 82.1 Å². The highest BCUT2D eigenvalue weighted by Crippen LogP contribution is 2.73. The van der Waals surface area contributed by atoms with Gasteiger partial charge in [-0.15, -0.1) is 0 Å².